The number of nitrogens with one attached hydrogen (secondary N) is 2. The van der Waals surface area contributed by atoms with Gasteiger partial charge in [-0.15, -0.1) is 0 Å². The van der Waals surface area contributed by atoms with E-state index >= 15 is 0 Å². The highest BCUT2D eigenvalue weighted by Crippen LogP contribution is 2.36. The molecule has 0 fully saturated rings. The average molecular weight is 264 g/mol. The van der Waals surface area contributed by atoms with E-state index in [4.69, 9.17) is 9.53 Å². The first kappa shape index (κ1) is 19.4. The van der Waals surface area contributed by atoms with Gasteiger partial charge < -0.3 is 20.2 Å². The summed E-state index contributed by atoms with van der Waals surface area (Å²) in [4.78, 5) is 0. The van der Waals surface area contributed by atoms with E-state index in [2.05, 4.69) is 44.5 Å². The fraction of sp³-hybridized carbons (Fsp3) is 1.00. The molecule has 0 aromatic carbocycles. The molecule has 0 saturated carbocycles. The summed E-state index contributed by atoms with van der Waals surface area (Å²) < 4.78 is 5.91. The van der Waals surface area contributed by atoms with Crippen LogP contribution >= 0.6 is 0 Å². The fourth-order valence-electron chi connectivity index (χ4n) is 0.737. The van der Waals surface area contributed by atoms with Crippen LogP contribution in [0, 0.1) is 0 Å². The van der Waals surface area contributed by atoms with Crippen molar-refractivity contribution in [2.24, 2.45) is 0 Å². The van der Waals surface area contributed by atoms with Gasteiger partial charge in [-0.25, -0.2) is 0 Å². The summed E-state index contributed by atoms with van der Waals surface area (Å²) in [5, 5.41) is 14.2. The number of hydrogen-bond donors (Lipinski definition) is 3. The number of aliphatic hydroxyl groups excluding tert-OH is 1. The Morgan fingerprint density at radius 3 is 1.76 bits per heavy atom. The molecule has 4 nitrogen and oxygen atoms in total. The van der Waals surface area contributed by atoms with Crippen LogP contribution in [0.2, 0.25) is 18.1 Å². The van der Waals surface area contributed by atoms with Gasteiger partial charge in [0.25, 0.3) is 0 Å². The Hall–Kier alpha value is 0.0569. The Balaban J connectivity index is 0. The summed E-state index contributed by atoms with van der Waals surface area (Å²) in [5.41, 5.74) is 0. The molecule has 0 aromatic rings. The molecule has 0 aromatic heterocycles. The van der Waals surface area contributed by atoms with Crippen molar-refractivity contribution in [3.63, 3.8) is 0 Å². The molecule has 5 heteroatoms. The van der Waals surface area contributed by atoms with Crippen LogP contribution < -0.4 is 10.6 Å². The second kappa shape index (κ2) is 10.0. The quantitative estimate of drug-likeness (QED) is 0.502. The van der Waals surface area contributed by atoms with Crippen molar-refractivity contribution < 1.29 is 9.53 Å². The summed E-state index contributed by atoms with van der Waals surface area (Å²) in [6, 6.07) is 0. The highest BCUT2D eigenvalue weighted by atomic mass is 28.4. The van der Waals surface area contributed by atoms with E-state index in [0.29, 0.717) is 11.6 Å². The first-order valence-corrected chi connectivity index (χ1v) is 9.17. The fourth-order valence-corrected chi connectivity index (χ4v) is 1.78. The SMILES string of the molecule is CNCCO.CNCCO[Si](C)(C)C(C)(C)C. The van der Waals surface area contributed by atoms with Crippen molar-refractivity contribution in [3.05, 3.63) is 0 Å². The van der Waals surface area contributed by atoms with Gasteiger partial charge >= 0.3 is 0 Å². The van der Waals surface area contributed by atoms with Crippen molar-refractivity contribution >= 4 is 8.32 Å². The summed E-state index contributed by atoms with van der Waals surface area (Å²) in [5.74, 6) is 0. The summed E-state index contributed by atoms with van der Waals surface area (Å²) >= 11 is 0. The number of aliphatic hydroxyl groups is 1. The molecular weight excluding hydrogens is 232 g/mol. The standard InChI is InChI=1S/C9H23NOSi.C3H9NO/c1-9(2,3)12(5,6)11-8-7-10-4;1-4-2-3-5/h10H,7-8H2,1-6H3;4-5H,2-3H2,1H3. The molecule has 0 aliphatic carbocycles. The number of likely N-dealkylation sites (N-methyl/N-ethyl adjacent to an activating group) is 2. The van der Waals surface area contributed by atoms with Gasteiger partial charge in [0.15, 0.2) is 8.32 Å². The molecule has 0 aliphatic rings. The second-order valence-corrected chi connectivity index (χ2v) is 10.3. The normalized spacial score (nSPS) is 12.0. The monoisotopic (exact) mass is 264 g/mol. The zero-order chi connectivity index (χ0) is 13.9. The smallest absolute Gasteiger partial charge is 0.192 e. The largest absolute Gasteiger partial charge is 0.416 e. The highest BCUT2D eigenvalue weighted by Gasteiger charge is 2.36. The maximum Gasteiger partial charge on any atom is 0.192 e. The lowest BCUT2D eigenvalue weighted by molar-refractivity contribution is 0.289. The van der Waals surface area contributed by atoms with E-state index in [-0.39, 0.29) is 6.61 Å². The van der Waals surface area contributed by atoms with Crippen LogP contribution in [0.25, 0.3) is 0 Å². The third-order valence-electron chi connectivity index (χ3n) is 2.98. The Labute approximate surface area is 108 Å². The lowest BCUT2D eigenvalue weighted by atomic mass is 10.2. The van der Waals surface area contributed by atoms with E-state index in [1.54, 1.807) is 7.05 Å². The molecule has 0 amide bonds. The van der Waals surface area contributed by atoms with Crippen molar-refractivity contribution in [1.29, 1.82) is 0 Å². The van der Waals surface area contributed by atoms with Crippen LogP contribution in [0.5, 0.6) is 0 Å². The van der Waals surface area contributed by atoms with Crippen LogP contribution in [0.3, 0.4) is 0 Å². The zero-order valence-electron chi connectivity index (χ0n) is 12.7. The molecule has 0 rings (SSSR count). The maximum absolute atomic E-state index is 8.00. The molecule has 0 heterocycles. The first-order chi connectivity index (χ1) is 7.72. The van der Waals surface area contributed by atoms with Crippen LogP contribution in [0.1, 0.15) is 20.8 Å². The van der Waals surface area contributed by atoms with Gasteiger partial charge in [0.2, 0.25) is 0 Å². The third-order valence-corrected chi connectivity index (χ3v) is 7.52. The van der Waals surface area contributed by atoms with E-state index in [1.165, 1.54) is 0 Å². The van der Waals surface area contributed by atoms with Gasteiger partial charge in [-0.2, -0.15) is 0 Å². The van der Waals surface area contributed by atoms with Crippen molar-refractivity contribution in [1.82, 2.24) is 10.6 Å². The minimum absolute atomic E-state index is 0.233. The highest BCUT2D eigenvalue weighted by molar-refractivity contribution is 6.74. The van der Waals surface area contributed by atoms with Gasteiger partial charge in [-0.1, -0.05) is 20.8 Å². The summed E-state index contributed by atoms with van der Waals surface area (Å²) in [6.45, 7) is 14.1. The molecule has 0 bridgehead atoms. The Morgan fingerprint density at radius 1 is 1.06 bits per heavy atom. The van der Waals surface area contributed by atoms with Crippen LogP contribution in [-0.4, -0.2) is 53.8 Å². The molecule has 0 spiro atoms. The Bertz CT molecular complexity index is 168. The minimum atomic E-state index is -1.48. The summed E-state index contributed by atoms with van der Waals surface area (Å²) in [6.07, 6.45) is 0. The van der Waals surface area contributed by atoms with E-state index < -0.39 is 8.32 Å². The molecule has 0 unspecified atom stereocenters. The van der Waals surface area contributed by atoms with Crippen molar-refractivity contribution in [2.75, 3.05) is 40.4 Å². The molecule has 0 radical (unpaired) electrons. The third kappa shape index (κ3) is 10.9. The molecule has 3 N–H and O–H groups in total. The molecule has 106 valence electrons. The first-order valence-electron chi connectivity index (χ1n) is 6.27. The van der Waals surface area contributed by atoms with E-state index in [1.807, 2.05) is 7.05 Å². The van der Waals surface area contributed by atoms with Gasteiger partial charge in [0, 0.05) is 19.7 Å². The van der Waals surface area contributed by atoms with Crippen molar-refractivity contribution in [3.8, 4) is 0 Å². The van der Waals surface area contributed by atoms with Gasteiger partial charge in [0.05, 0.1) is 6.61 Å². The number of rotatable bonds is 6. The topological polar surface area (TPSA) is 53.5 Å². The minimum Gasteiger partial charge on any atom is -0.416 e. The predicted molar refractivity (Wildman–Crippen MR) is 78.1 cm³/mol. The zero-order valence-corrected chi connectivity index (χ0v) is 13.7. The van der Waals surface area contributed by atoms with Crippen LogP contribution in [0.15, 0.2) is 0 Å². The van der Waals surface area contributed by atoms with Gasteiger partial charge in [-0.3, -0.25) is 0 Å². The van der Waals surface area contributed by atoms with E-state index in [0.717, 1.165) is 13.2 Å². The Morgan fingerprint density at radius 2 is 1.53 bits per heavy atom. The number of hydrogen-bond acceptors (Lipinski definition) is 4. The van der Waals surface area contributed by atoms with Gasteiger partial charge in [0.1, 0.15) is 0 Å². The second-order valence-electron chi connectivity index (χ2n) is 5.54. The van der Waals surface area contributed by atoms with Gasteiger partial charge in [-0.05, 0) is 32.2 Å². The maximum atomic E-state index is 8.00. The molecule has 0 atom stereocenters. The molecule has 0 aliphatic heterocycles. The van der Waals surface area contributed by atoms with Crippen LogP contribution in [0.4, 0.5) is 0 Å². The summed E-state index contributed by atoms with van der Waals surface area (Å²) in [7, 11) is 2.27. The van der Waals surface area contributed by atoms with Crippen molar-refractivity contribution in [2.45, 2.75) is 38.9 Å². The molecule has 0 saturated heterocycles. The predicted octanol–water partition coefficient (Wildman–Crippen LogP) is 1.43. The molecular formula is C12H32N2O2Si. The lowest BCUT2D eigenvalue weighted by Crippen LogP contribution is -2.42. The van der Waals surface area contributed by atoms with E-state index in [9.17, 15) is 0 Å². The Kier molecular flexibility index (Phi) is 11.4. The molecule has 17 heavy (non-hydrogen) atoms. The van der Waals surface area contributed by atoms with Crippen LogP contribution in [-0.2, 0) is 4.43 Å². The lowest BCUT2D eigenvalue weighted by Gasteiger charge is -2.36. The average Bonchev–Trinajstić information content (AvgIpc) is 2.18.